The van der Waals surface area contributed by atoms with Crippen LogP contribution in [0.4, 0.5) is 11.4 Å². The zero-order valence-corrected chi connectivity index (χ0v) is 19.0. The summed E-state index contributed by atoms with van der Waals surface area (Å²) < 4.78 is 1.86. The van der Waals surface area contributed by atoms with Gasteiger partial charge in [-0.15, -0.1) is 4.68 Å². The number of hydrogen-bond donors (Lipinski definition) is 2. The second-order valence-corrected chi connectivity index (χ2v) is 8.64. The van der Waals surface area contributed by atoms with Crippen LogP contribution in [0, 0.1) is 0 Å². The maximum absolute atomic E-state index is 12.8. The minimum atomic E-state index is -0.0941. The van der Waals surface area contributed by atoms with Crippen molar-refractivity contribution in [2.45, 2.75) is 12.1 Å². The van der Waals surface area contributed by atoms with Crippen molar-refractivity contribution in [2.24, 2.45) is 0 Å². The monoisotopic (exact) mass is 457 g/mol. The van der Waals surface area contributed by atoms with E-state index in [9.17, 15) is 4.79 Å². The lowest BCUT2D eigenvalue weighted by atomic mass is 10.2. The molecule has 7 nitrogen and oxygen atoms in total. The maximum Gasteiger partial charge on any atom is 0.385 e. The second kappa shape index (κ2) is 10.2. The zero-order valence-electron chi connectivity index (χ0n) is 17.4. The third-order valence-electron chi connectivity index (χ3n) is 5.29. The minimum absolute atomic E-state index is 0.0941. The number of amides is 1. The van der Waals surface area contributed by atoms with Crippen molar-refractivity contribution in [2.75, 3.05) is 48.7 Å². The Morgan fingerprint density at radius 1 is 1.19 bits per heavy atom. The fourth-order valence-electron chi connectivity index (χ4n) is 3.62. The van der Waals surface area contributed by atoms with Gasteiger partial charge in [-0.25, -0.2) is 0 Å². The molecule has 4 rings (SSSR count). The molecule has 2 N–H and O–H groups in total. The number of aromatic nitrogens is 3. The van der Waals surface area contributed by atoms with Crippen LogP contribution in [0.5, 0.6) is 0 Å². The average Bonchev–Trinajstić information content (AvgIpc) is 3.27. The van der Waals surface area contributed by atoms with Crippen LogP contribution >= 0.6 is 23.4 Å². The summed E-state index contributed by atoms with van der Waals surface area (Å²) in [6.45, 7) is 7.13. The van der Waals surface area contributed by atoms with E-state index >= 15 is 0 Å². The predicted molar refractivity (Wildman–Crippen MR) is 125 cm³/mol. The number of benzene rings is 2. The third kappa shape index (κ3) is 5.39. The number of anilines is 2. The van der Waals surface area contributed by atoms with Gasteiger partial charge in [-0.2, -0.15) is 5.10 Å². The molecule has 1 aromatic heterocycles. The molecule has 162 valence electrons. The normalized spacial score (nSPS) is 14.6. The summed E-state index contributed by atoms with van der Waals surface area (Å²) in [7, 11) is 0. The van der Waals surface area contributed by atoms with Gasteiger partial charge in [0.2, 0.25) is 12.2 Å². The van der Waals surface area contributed by atoms with Gasteiger partial charge >= 0.3 is 5.16 Å². The van der Waals surface area contributed by atoms with Crippen LogP contribution < -0.4 is 14.9 Å². The summed E-state index contributed by atoms with van der Waals surface area (Å²) in [6, 6.07) is 15.5. The van der Waals surface area contributed by atoms with E-state index in [0.717, 1.165) is 54.9 Å². The molecule has 2 aromatic carbocycles. The van der Waals surface area contributed by atoms with Crippen LogP contribution in [-0.4, -0.2) is 59.4 Å². The Kier molecular flexibility index (Phi) is 7.11. The second-order valence-electron chi connectivity index (χ2n) is 7.26. The van der Waals surface area contributed by atoms with E-state index in [2.05, 4.69) is 32.1 Å². The topological polar surface area (TPSA) is 68.1 Å². The van der Waals surface area contributed by atoms with Gasteiger partial charge in [0.1, 0.15) is 0 Å². The Bertz CT molecular complexity index is 1020. The van der Waals surface area contributed by atoms with Crippen LogP contribution in [0.3, 0.4) is 0 Å². The highest BCUT2D eigenvalue weighted by molar-refractivity contribution is 7.99. The first-order chi connectivity index (χ1) is 15.1. The summed E-state index contributed by atoms with van der Waals surface area (Å²) in [5.41, 5.74) is 2.73. The molecule has 0 saturated carbocycles. The summed E-state index contributed by atoms with van der Waals surface area (Å²) in [6.07, 6.45) is 1.62. The number of H-pyrrole nitrogens is 1. The molecule has 1 amide bonds. The van der Waals surface area contributed by atoms with Crippen molar-refractivity contribution < 1.29 is 9.48 Å². The highest BCUT2D eigenvalue weighted by Crippen LogP contribution is 2.30. The van der Waals surface area contributed by atoms with Crippen molar-refractivity contribution in [1.29, 1.82) is 0 Å². The Balaban J connectivity index is 1.42. The SMILES string of the molecule is CCN1CCN(c2ccc(Cl)cc2NC(=O)CSc2nc[nH][n+]2-c2ccccc2)CC1. The molecule has 0 aliphatic carbocycles. The van der Waals surface area contributed by atoms with E-state index in [-0.39, 0.29) is 11.7 Å². The molecule has 0 bridgehead atoms. The predicted octanol–water partition coefficient (Wildman–Crippen LogP) is 3.21. The molecule has 0 unspecified atom stereocenters. The van der Waals surface area contributed by atoms with Gasteiger partial charge in [0.05, 0.1) is 17.1 Å². The molecule has 1 aliphatic heterocycles. The van der Waals surface area contributed by atoms with Crippen LogP contribution in [0.25, 0.3) is 5.69 Å². The first-order valence-electron chi connectivity index (χ1n) is 10.3. The molecule has 1 aliphatic rings. The highest BCUT2D eigenvalue weighted by Gasteiger charge is 2.21. The number of aromatic amines is 1. The van der Waals surface area contributed by atoms with Crippen molar-refractivity contribution >= 4 is 40.6 Å². The van der Waals surface area contributed by atoms with Crippen molar-refractivity contribution in [3.05, 3.63) is 59.9 Å². The summed E-state index contributed by atoms with van der Waals surface area (Å²) in [5.74, 6) is 0.149. The molecule has 0 spiro atoms. The molecule has 1 fully saturated rings. The number of hydrogen-bond acceptors (Lipinski definition) is 5. The quantitative estimate of drug-likeness (QED) is 0.421. The first kappa shape index (κ1) is 21.7. The Labute approximate surface area is 191 Å². The van der Waals surface area contributed by atoms with Crippen molar-refractivity contribution in [3.63, 3.8) is 0 Å². The number of thioether (sulfide) groups is 1. The molecular weight excluding hydrogens is 432 g/mol. The van der Waals surface area contributed by atoms with Crippen LogP contribution in [0.15, 0.2) is 60.0 Å². The van der Waals surface area contributed by atoms with Gasteiger partial charge in [0, 0.05) is 31.2 Å². The molecule has 9 heteroatoms. The Morgan fingerprint density at radius 3 is 2.71 bits per heavy atom. The maximum atomic E-state index is 12.8. The fourth-order valence-corrected chi connectivity index (χ4v) is 4.54. The number of piperazine rings is 1. The lowest BCUT2D eigenvalue weighted by molar-refractivity contribution is -0.694. The van der Waals surface area contributed by atoms with Crippen molar-refractivity contribution in [1.82, 2.24) is 15.0 Å². The number of para-hydroxylation sites is 1. The summed E-state index contributed by atoms with van der Waals surface area (Å²) >= 11 is 7.61. The molecule has 0 atom stereocenters. The van der Waals surface area contributed by atoms with Crippen LogP contribution in [-0.2, 0) is 4.79 Å². The van der Waals surface area contributed by atoms with Crippen LogP contribution in [0.1, 0.15) is 6.92 Å². The summed E-state index contributed by atoms with van der Waals surface area (Å²) in [5, 5.41) is 7.47. The average molecular weight is 458 g/mol. The molecule has 31 heavy (non-hydrogen) atoms. The number of halogens is 1. The molecule has 2 heterocycles. The standard InChI is InChI=1S/C22H25ClN6OS/c1-2-27-10-12-28(13-11-27)20-9-8-17(23)14-19(20)26-21(30)15-31-22-24-16-25-29(22)18-6-4-3-5-7-18/h3-9,14,16H,2,10-13,15H2,1H3,(H,26,30)/p+1. The lowest BCUT2D eigenvalue weighted by Crippen LogP contribution is -2.46. The molecule has 0 radical (unpaired) electrons. The van der Waals surface area contributed by atoms with E-state index in [4.69, 9.17) is 11.6 Å². The third-order valence-corrected chi connectivity index (χ3v) is 6.48. The van der Waals surface area contributed by atoms with E-state index in [1.54, 1.807) is 6.33 Å². The Hall–Kier alpha value is -2.55. The minimum Gasteiger partial charge on any atom is -0.367 e. The number of carbonyl (C=O) groups excluding carboxylic acids is 1. The van der Waals surface area contributed by atoms with E-state index < -0.39 is 0 Å². The number of rotatable bonds is 7. The zero-order chi connectivity index (χ0) is 21.6. The van der Waals surface area contributed by atoms with Gasteiger partial charge in [-0.1, -0.05) is 36.7 Å². The van der Waals surface area contributed by atoms with Gasteiger partial charge in [0.15, 0.2) is 5.69 Å². The smallest absolute Gasteiger partial charge is 0.367 e. The largest absolute Gasteiger partial charge is 0.385 e. The highest BCUT2D eigenvalue weighted by atomic mass is 35.5. The number of nitrogens with zero attached hydrogens (tertiary/aromatic N) is 4. The number of carbonyl (C=O) groups is 1. The van der Waals surface area contributed by atoms with Gasteiger partial charge < -0.3 is 15.1 Å². The van der Waals surface area contributed by atoms with Gasteiger partial charge in [-0.05, 0) is 53.6 Å². The Morgan fingerprint density at radius 2 is 1.97 bits per heavy atom. The van der Waals surface area contributed by atoms with Gasteiger partial charge in [0.25, 0.3) is 0 Å². The molecule has 1 saturated heterocycles. The van der Waals surface area contributed by atoms with E-state index in [1.165, 1.54) is 11.8 Å². The molecular formula is C22H26ClN6OS+. The molecule has 3 aromatic rings. The number of nitrogens with one attached hydrogen (secondary N) is 2. The summed E-state index contributed by atoms with van der Waals surface area (Å²) in [4.78, 5) is 21.8. The fraction of sp³-hybridized carbons (Fsp3) is 0.318. The van der Waals surface area contributed by atoms with Crippen LogP contribution in [0.2, 0.25) is 5.02 Å². The first-order valence-corrected chi connectivity index (χ1v) is 11.7. The lowest BCUT2D eigenvalue weighted by Gasteiger charge is -2.36. The van der Waals surface area contributed by atoms with E-state index in [1.807, 2.05) is 53.2 Å². The van der Waals surface area contributed by atoms with Gasteiger partial charge in [-0.3, -0.25) is 4.79 Å². The van der Waals surface area contributed by atoms with Crippen molar-refractivity contribution in [3.8, 4) is 5.69 Å². The number of likely N-dealkylation sites (N-methyl/N-ethyl adjacent to an activating group) is 1. The van der Waals surface area contributed by atoms with E-state index in [0.29, 0.717) is 5.02 Å².